The number of halogens is 28. The average Bonchev–Trinajstić information content (AvgIpc) is 2.88. The maximum Gasteiger partial charge on any atom is 0.460 e. The largest absolute Gasteiger partial charge is 0.481 e. The molecule has 0 heterocycles. The van der Waals surface area contributed by atoms with Crippen molar-refractivity contribution in [3.63, 3.8) is 0 Å². The second-order valence-corrected chi connectivity index (χ2v) is 14.0. The number of aliphatic carboxylic acids is 1. The second-order valence-electron chi connectivity index (χ2n) is 10.5. The molecule has 0 aromatic heterocycles. The molecule has 2 atom stereocenters. The van der Waals surface area contributed by atoms with Crippen LogP contribution in [-0.4, -0.2) is 97.7 Å². The molecule has 0 amide bonds. The number of hydrogen-bond acceptors (Lipinski definition) is 3. The third-order valence-electron chi connectivity index (χ3n) is 6.38. The zero-order valence-electron chi connectivity index (χ0n) is 24.2. The Labute approximate surface area is 282 Å². The van der Waals surface area contributed by atoms with Gasteiger partial charge in [0, 0.05) is 6.42 Å². The Balaban J connectivity index is 6.60. The smallest absolute Gasteiger partial charge is 0.460 e. The van der Waals surface area contributed by atoms with Crippen molar-refractivity contribution in [1.82, 2.24) is 0 Å². The Bertz CT molecular complexity index is 1190. The molecule has 53 heavy (non-hydrogen) atoms. The monoisotopic (exact) mass is 894 g/mol. The normalized spacial score (nSPS) is 18.1. The second kappa shape index (κ2) is 14.6. The van der Waals surface area contributed by atoms with Crippen molar-refractivity contribution in [2.24, 2.45) is 0 Å². The first-order valence-corrected chi connectivity index (χ1v) is 14.1. The van der Waals surface area contributed by atoms with E-state index in [0.29, 0.717) is 0 Å². The van der Waals surface area contributed by atoms with E-state index in [9.17, 15) is 128 Å². The molecule has 0 saturated carbocycles. The third-order valence-corrected chi connectivity index (χ3v) is 9.21. The summed E-state index contributed by atoms with van der Waals surface area (Å²) in [6.07, 6.45) is -26.5. The number of carboxylic acid groups (broad SMARTS) is 1. The van der Waals surface area contributed by atoms with Crippen LogP contribution in [0.3, 0.4) is 0 Å². The molecule has 0 aliphatic carbocycles. The molecule has 2 nitrogen and oxygen atoms in total. The van der Waals surface area contributed by atoms with Gasteiger partial charge in [0.05, 0.1) is 16.9 Å². The summed E-state index contributed by atoms with van der Waals surface area (Å²) in [7, 11) is 0. The first-order valence-electron chi connectivity index (χ1n) is 12.4. The SMILES string of the molecule is CC(CCC(=O)O)(SC(F)CC(F)(F)C(F)(F)C(F)(F)C(F)(F)C(F)(F)C(F)(F)F)SC(F)CC(F)(F)C(F)(F)C(F)(F)C(F)(F)C(F)(F)C(F)(F)F. The van der Waals surface area contributed by atoms with Crippen molar-refractivity contribution in [2.75, 3.05) is 0 Å². The molecular formula is C21H14F28O2S2. The summed E-state index contributed by atoms with van der Waals surface area (Å²) >= 11 is -2.74. The van der Waals surface area contributed by atoms with Gasteiger partial charge in [-0.2, -0.15) is 114 Å². The summed E-state index contributed by atoms with van der Waals surface area (Å²) in [5.41, 5.74) is -8.51. The Morgan fingerprint density at radius 2 is 0.679 bits per heavy atom. The van der Waals surface area contributed by atoms with Crippen LogP contribution in [0, 0.1) is 0 Å². The molecule has 318 valence electrons. The highest BCUT2D eigenvalue weighted by atomic mass is 32.2. The fourth-order valence-electron chi connectivity index (χ4n) is 3.37. The maximum absolute atomic E-state index is 14.5. The summed E-state index contributed by atoms with van der Waals surface area (Å²) < 4.78 is 371. The van der Waals surface area contributed by atoms with Crippen LogP contribution in [0.1, 0.15) is 32.6 Å². The Morgan fingerprint density at radius 1 is 0.453 bits per heavy atom. The van der Waals surface area contributed by atoms with Crippen molar-refractivity contribution < 1.29 is 133 Å². The van der Waals surface area contributed by atoms with Gasteiger partial charge in [-0.3, -0.25) is 4.79 Å². The molecular weight excluding hydrogens is 880 g/mol. The summed E-state index contributed by atoms with van der Waals surface area (Å²) in [5.74, 6) is -83.1. The van der Waals surface area contributed by atoms with Gasteiger partial charge in [0.25, 0.3) is 0 Å². The molecule has 32 heteroatoms. The number of carbonyl (C=O) groups is 1. The third kappa shape index (κ3) is 8.95. The summed E-state index contributed by atoms with van der Waals surface area (Å²) in [6.45, 7) is 0.0102. The first-order chi connectivity index (χ1) is 22.6. The van der Waals surface area contributed by atoms with Gasteiger partial charge in [-0.05, 0) is 13.3 Å². The average molecular weight is 894 g/mol. The van der Waals surface area contributed by atoms with Gasteiger partial charge >= 0.3 is 77.5 Å². The van der Waals surface area contributed by atoms with E-state index in [1.807, 2.05) is 0 Å². The lowest BCUT2D eigenvalue weighted by atomic mass is 9.93. The minimum absolute atomic E-state index is 0.0102. The molecule has 0 fully saturated rings. The van der Waals surface area contributed by atoms with Crippen LogP contribution in [0.2, 0.25) is 0 Å². The Morgan fingerprint density at radius 3 is 0.887 bits per heavy atom. The molecule has 2 unspecified atom stereocenters. The topological polar surface area (TPSA) is 37.3 Å². The first kappa shape index (κ1) is 51.2. The van der Waals surface area contributed by atoms with Crippen LogP contribution in [0.5, 0.6) is 0 Å². The van der Waals surface area contributed by atoms with Gasteiger partial charge in [0.1, 0.15) is 0 Å². The van der Waals surface area contributed by atoms with Gasteiger partial charge in [-0.1, -0.05) is 0 Å². The standard InChI is InChI=1S/C21H14F28O2S2/c1-9(3-2-8(50)51,52-6(22)4-10(24,25)12(28,29)14(32,33)16(36,37)18(40,41)20(44,45)46)53-7(23)5-11(26,27)13(30,31)15(34,35)17(38,39)19(42,43)21(47,48)49/h6-7H,2-5H2,1H3,(H,50,51). The van der Waals surface area contributed by atoms with Crippen LogP contribution in [-0.2, 0) is 4.79 Å². The fourth-order valence-corrected chi connectivity index (χ4v) is 6.32. The highest BCUT2D eigenvalue weighted by Crippen LogP contribution is 2.63. The van der Waals surface area contributed by atoms with E-state index in [1.165, 1.54) is 0 Å². The predicted molar refractivity (Wildman–Crippen MR) is 121 cm³/mol. The zero-order chi connectivity index (χ0) is 43.5. The number of alkyl halides is 28. The molecule has 0 spiro atoms. The number of thioether (sulfide) groups is 2. The lowest BCUT2D eigenvalue weighted by molar-refractivity contribution is -0.440. The molecule has 0 aliphatic rings. The number of carboxylic acids is 1. The Kier molecular flexibility index (Phi) is 14.1. The zero-order valence-corrected chi connectivity index (χ0v) is 25.9. The number of rotatable bonds is 19. The van der Waals surface area contributed by atoms with Crippen molar-refractivity contribution >= 4 is 29.5 Å². The van der Waals surface area contributed by atoms with Crippen molar-refractivity contribution in [2.45, 2.75) is 119 Å². The minimum atomic E-state index is -8.46. The Hall–Kier alpha value is -1.79. The molecule has 0 radical (unpaired) electrons. The highest BCUT2D eigenvalue weighted by molar-refractivity contribution is 8.18. The van der Waals surface area contributed by atoms with E-state index >= 15 is 0 Å². The fraction of sp³-hybridized carbons (Fsp3) is 0.952. The van der Waals surface area contributed by atoms with Gasteiger partial charge in [0.2, 0.25) is 0 Å². The summed E-state index contributed by atoms with van der Waals surface area (Å²) in [4.78, 5) is 10.8. The van der Waals surface area contributed by atoms with E-state index in [-0.39, 0.29) is 6.92 Å². The molecule has 0 saturated heterocycles. The molecule has 1 N–H and O–H groups in total. The summed E-state index contributed by atoms with van der Waals surface area (Å²) in [5, 5.41) is 8.67. The van der Waals surface area contributed by atoms with Crippen molar-refractivity contribution in [3.05, 3.63) is 0 Å². The van der Waals surface area contributed by atoms with Gasteiger partial charge in [-0.15, -0.1) is 23.5 Å². The van der Waals surface area contributed by atoms with E-state index in [0.717, 1.165) is 0 Å². The van der Waals surface area contributed by atoms with Crippen molar-refractivity contribution in [3.8, 4) is 0 Å². The van der Waals surface area contributed by atoms with Crippen LogP contribution < -0.4 is 0 Å². The molecule has 0 aromatic rings. The maximum atomic E-state index is 14.5. The van der Waals surface area contributed by atoms with E-state index in [2.05, 4.69) is 0 Å². The van der Waals surface area contributed by atoms with E-state index < -0.39 is 142 Å². The van der Waals surface area contributed by atoms with Gasteiger partial charge < -0.3 is 5.11 Å². The van der Waals surface area contributed by atoms with E-state index in [1.54, 1.807) is 0 Å². The number of hydrogen-bond donors (Lipinski definition) is 1. The molecule has 0 bridgehead atoms. The lowest BCUT2D eigenvalue weighted by Crippen LogP contribution is -2.70. The lowest BCUT2D eigenvalue weighted by Gasteiger charge is -2.40. The van der Waals surface area contributed by atoms with Gasteiger partial charge in [-0.25, -0.2) is 8.78 Å². The molecule has 0 aromatic carbocycles. The van der Waals surface area contributed by atoms with Gasteiger partial charge in [0.15, 0.2) is 11.0 Å². The molecule has 0 aliphatic heterocycles. The quantitative estimate of drug-likeness (QED) is 0.104. The van der Waals surface area contributed by atoms with E-state index in [4.69, 9.17) is 5.11 Å². The van der Waals surface area contributed by atoms with Crippen LogP contribution in [0.15, 0.2) is 0 Å². The van der Waals surface area contributed by atoms with Crippen LogP contribution in [0.25, 0.3) is 0 Å². The summed E-state index contributed by atoms with van der Waals surface area (Å²) in [6, 6.07) is 0. The predicted octanol–water partition coefficient (Wildman–Crippen LogP) is 11.9. The minimum Gasteiger partial charge on any atom is -0.481 e. The van der Waals surface area contributed by atoms with Crippen molar-refractivity contribution in [1.29, 1.82) is 0 Å². The van der Waals surface area contributed by atoms with Crippen LogP contribution in [0.4, 0.5) is 123 Å². The highest BCUT2D eigenvalue weighted by Gasteiger charge is 2.92. The molecule has 0 rings (SSSR count). The van der Waals surface area contributed by atoms with Crippen LogP contribution >= 0.6 is 23.5 Å².